The predicted molar refractivity (Wildman–Crippen MR) is 128 cm³/mol. The predicted octanol–water partition coefficient (Wildman–Crippen LogP) is 1.18. The summed E-state index contributed by atoms with van der Waals surface area (Å²) in [6.07, 6.45) is -0.964. The van der Waals surface area contributed by atoms with Crippen LogP contribution in [0.2, 0.25) is 0 Å². The number of anilines is 1. The van der Waals surface area contributed by atoms with Crippen LogP contribution >= 0.6 is 34.4 Å². The molecule has 18 heteroatoms. The zero-order valence-electron chi connectivity index (χ0n) is 17.0. The van der Waals surface area contributed by atoms with Crippen molar-refractivity contribution in [3.63, 3.8) is 0 Å². The molecule has 0 aromatic carbocycles. The zero-order valence-corrected chi connectivity index (χ0v) is 19.5. The van der Waals surface area contributed by atoms with Gasteiger partial charge in [0.15, 0.2) is 15.9 Å². The van der Waals surface area contributed by atoms with E-state index in [0.717, 1.165) is 34.2 Å². The number of nitrogens with zero attached hydrogens (tertiary/aromatic N) is 4. The number of alkyl halides is 3. The van der Waals surface area contributed by atoms with Gasteiger partial charge in [-0.15, -0.1) is 34.4 Å². The summed E-state index contributed by atoms with van der Waals surface area (Å²) < 4.78 is 38.2. The standard InChI is InChI=1S/C18H13F3N6O5S3.Na.H/c19-18(20,21)16-23-3-7(35-16)2-1-6-4-33-14-10(13(29)27(14)11(6)15(30)31)25-12(28)9(26-32)8-5-34-17(22)24-8;;/h1-3,5,10,14,32H,4H2,(H2,22,24)(H,25,28)(H,30,31);;/b2-1+,26-9+;;/t10?,14-;;/m1../s1. The van der Waals surface area contributed by atoms with Gasteiger partial charge in [0, 0.05) is 22.2 Å². The third-order valence-electron chi connectivity index (χ3n) is 4.78. The number of hydrogen-bond acceptors (Lipinski definition) is 11. The van der Waals surface area contributed by atoms with Crippen LogP contribution in [0.3, 0.4) is 0 Å². The van der Waals surface area contributed by atoms with Gasteiger partial charge in [-0.3, -0.25) is 14.5 Å². The number of carboxylic acids is 1. The summed E-state index contributed by atoms with van der Waals surface area (Å²) in [7, 11) is 0. The van der Waals surface area contributed by atoms with Gasteiger partial charge in [0.25, 0.3) is 11.8 Å². The van der Waals surface area contributed by atoms with Gasteiger partial charge in [0.05, 0.1) is 0 Å². The Kier molecular flexibility index (Phi) is 8.51. The number of fused-ring (bicyclic) bond motifs is 1. The molecule has 0 bridgehead atoms. The average molecular weight is 571 g/mol. The van der Waals surface area contributed by atoms with Gasteiger partial charge in [0.2, 0.25) is 0 Å². The third-order valence-corrected chi connectivity index (χ3v) is 7.76. The van der Waals surface area contributed by atoms with Crippen molar-refractivity contribution in [2.75, 3.05) is 11.5 Å². The second kappa shape index (κ2) is 10.9. The number of nitrogens with one attached hydrogen (secondary N) is 1. The fourth-order valence-electron chi connectivity index (χ4n) is 3.27. The Balaban J connectivity index is 0.00000361. The van der Waals surface area contributed by atoms with Crippen molar-refractivity contribution >= 4 is 98.7 Å². The molecule has 11 nitrogen and oxygen atoms in total. The molecular formula is C18H14F3N6NaO5S3. The molecule has 1 unspecified atom stereocenters. The number of β-lactam (4-membered cyclic amide) rings is 1. The molecule has 1 fully saturated rings. The number of carbonyl (C=O) groups is 3. The van der Waals surface area contributed by atoms with Crippen molar-refractivity contribution in [1.82, 2.24) is 20.2 Å². The van der Waals surface area contributed by atoms with E-state index in [1.54, 1.807) is 0 Å². The van der Waals surface area contributed by atoms with Crippen LogP contribution in [-0.2, 0) is 20.6 Å². The van der Waals surface area contributed by atoms with E-state index in [0.29, 0.717) is 11.3 Å². The van der Waals surface area contributed by atoms with Crippen LogP contribution in [0.4, 0.5) is 18.3 Å². The monoisotopic (exact) mass is 570 g/mol. The molecule has 36 heavy (non-hydrogen) atoms. The van der Waals surface area contributed by atoms with Gasteiger partial charge in [-0.1, -0.05) is 11.2 Å². The van der Waals surface area contributed by atoms with Gasteiger partial charge < -0.3 is 21.4 Å². The quantitative estimate of drug-likeness (QED) is 0.131. The summed E-state index contributed by atoms with van der Waals surface area (Å²) in [5.41, 5.74) is 4.91. The van der Waals surface area contributed by atoms with Crippen LogP contribution in [0.15, 0.2) is 34.1 Å². The number of amides is 2. The first-order valence-electron chi connectivity index (χ1n) is 9.37. The summed E-state index contributed by atoms with van der Waals surface area (Å²) in [5.74, 6) is -2.93. The number of aromatic nitrogens is 2. The Morgan fingerprint density at radius 1 is 1.33 bits per heavy atom. The van der Waals surface area contributed by atoms with E-state index >= 15 is 0 Å². The normalized spacial score (nSPS) is 20.1. The van der Waals surface area contributed by atoms with E-state index in [2.05, 4.69) is 20.4 Å². The van der Waals surface area contributed by atoms with Crippen molar-refractivity contribution in [2.45, 2.75) is 17.6 Å². The maximum absolute atomic E-state index is 12.7. The zero-order chi connectivity index (χ0) is 25.5. The van der Waals surface area contributed by atoms with E-state index in [9.17, 15) is 37.9 Å². The van der Waals surface area contributed by atoms with E-state index in [-0.39, 0.29) is 62.3 Å². The molecule has 4 heterocycles. The fraction of sp³-hybridized carbons (Fsp3) is 0.222. The molecule has 2 amide bonds. The summed E-state index contributed by atoms with van der Waals surface area (Å²) in [4.78, 5) is 45.5. The van der Waals surface area contributed by atoms with Crippen LogP contribution in [-0.4, -0.2) is 95.4 Å². The Hall–Kier alpha value is -2.44. The molecule has 2 aliphatic heterocycles. The Bertz CT molecular complexity index is 1310. The van der Waals surface area contributed by atoms with E-state index in [1.807, 2.05) is 0 Å². The number of thioether (sulfide) groups is 1. The summed E-state index contributed by atoms with van der Waals surface area (Å²) in [6, 6.07) is -1.10. The van der Waals surface area contributed by atoms with Crippen molar-refractivity contribution in [1.29, 1.82) is 0 Å². The molecule has 0 spiro atoms. The molecular weight excluding hydrogens is 556 g/mol. The topological polar surface area (TPSA) is 171 Å². The number of hydrogen-bond donors (Lipinski definition) is 4. The molecule has 2 aromatic heterocycles. The molecule has 2 atom stereocenters. The number of nitrogens with two attached hydrogens (primary N) is 1. The number of rotatable bonds is 6. The Labute approximate surface area is 234 Å². The molecule has 2 aromatic rings. The van der Waals surface area contributed by atoms with Gasteiger partial charge in [-0.25, -0.2) is 14.8 Å². The second-order valence-corrected chi connectivity index (χ2v) is 10.0. The van der Waals surface area contributed by atoms with Crippen LogP contribution in [0, 0.1) is 0 Å². The number of carboxylic acid groups (broad SMARTS) is 1. The first-order valence-corrected chi connectivity index (χ1v) is 12.1. The number of allylic oxidation sites excluding steroid dienone is 1. The van der Waals surface area contributed by atoms with Gasteiger partial charge in [-0.2, -0.15) is 13.2 Å². The van der Waals surface area contributed by atoms with E-state index < -0.39 is 46.1 Å². The summed E-state index contributed by atoms with van der Waals surface area (Å²) in [5, 5.41) is 23.9. The van der Waals surface area contributed by atoms with E-state index in [4.69, 9.17) is 5.73 Å². The molecule has 2 aliphatic rings. The SMILES string of the molecule is Nc1nc(/C(=N\O)C(=O)NC2C(=O)N3C(C(=O)O)=C(/C=C/c4cnc(C(F)(F)F)s4)CS[C@H]23)cs1.[NaH]. The van der Waals surface area contributed by atoms with Crippen LogP contribution in [0.25, 0.3) is 6.08 Å². The van der Waals surface area contributed by atoms with Gasteiger partial charge >= 0.3 is 41.7 Å². The van der Waals surface area contributed by atoms with Crippen molar-refractivity contribution in [3.05, 3.63) is 44.5 Å². The summed E-state index contributed by atoms with van der Waals surface area (Å²) >= 11 is 2.55. The van der Waals surface area contributed by atoms with Gasteiger partial charge in [0.1, 0.15) is 22.8 Å². The number of oxime groups is 1. The number of carbonyl (C=O) groups excluding carboxylic acids is 2. The molecule has 0 aliphatic carbocycles. The number of halogens is 3. The minimum atomic E-state index is -4.59. The molecule has 5 N–H and O–H groups in total. The van der Waals surface area contributed by atoms with Crippen LogP contribution in [0.5, 0.6) is 0 Å². The molecule has 1 saturated heterocycles. The Morgan fingerprint density at radius 3 is 2.61 bits per heavy atom. The minimum absolute atomic E-state index is 0. The fourth-order valence-corrected chi connectivity index (χ4v) is 5.82. The third kappa shape index (κ3) is 5.45. The van der Waals surface area contributed by atoms with E-state index in [1.165, 1.54) is 17.5 Å². The first-order chi connectivity index (χ1) is 16.5. The maximum atomic E-state index is 12.7. The molecule has 4 rings (SSSR count). The van der Waals surface area contributed by atoms with Crippen molar-refractivity contribution < 1.29 is 37.9 Å². The van der Waals surface area contributed by atoms with Crippen molar-refractivity contribution in [3.8, 4) is 0 Å². The first kappa shape index (κ1) is 28.1. The number of nitrogen functional groups attached to an aromatic ring is 1. The average Bonchev–Trinajstić information content (AvgIpc) is 3.45. The van der Waals surface area contributed by atoms with Crippen molar-refractivity contribution in [2.24, 2.45) is 5.16 Å². The number of thiazole rings is 2. The molecule has 0 saturated carbocycles. The summed E-state index contributed by atoms with van der Waals surface area (Å²) in [6.45, 7) is 0. The molecule has 0 radical (unpaired) electrons. The van der Waals surface area contributed by atoms with Crippen LogP contribution < -0.4 is 11.1 Å². The van der Waals surface area contributed by atoms with Gasteiger partial charge in [-0.05, 0) is 11.6 Å². The number of aliphatic carboxylic acids is 1. The Morgan fingerprint density at radius 2 is 2.06 bits per heavy atom. The second-order valence-electron chi connectivity index (χ2n) is 6.96. The van der Waals surface area contributed by atoms with Crippen LogP contribution in [0.1, 0.15) is 15.6 Å². The molecule has 186 valence electrons.